The second-order valence-corrected chi connectivity index (χ2v) is 2.70. The van der Waals surface area contributed by atoms with Crippen molar-refractivity contribution in [3.63, 3.8) is 0 Å². The Morgan fingerprint density at radius 2 is 2.14 bits per heavy atom. The van der Waals surface area contributed by atoms with E-state index in [1.165, 1.54) is 12.1 Å². The molecular formula is C9H8F2N2O. The number of ether oxygens (including phenoxy) is 1. The normalized spacial score (nSPS) is 9.93. The first-order chi connectivity index (χ1) is 6.54. The van der Waals surface area contributed by atoms with Crippen LogP contribution in [-0.4, -0.2) is 6.61 Å². The average molecular weight is 198 g/mol. The molecule has 0 saturated carbocycles. The third kappa shape index (κ3) is 2.10. The van der Waals surface area contributed by atoms with Gasteiger partial charge in [-0.15, -0.1) is 0 Å². The maximum atomic E-state index is 11.9. The van der Waals surface area contributed by atoms with Gasteiger partial charge in [0.25, 0.3) is 0 Å². The summed E-state index contributed by atoms with van der Waals surface area (Å²) in [6.07, 6.45) is 0. The predicted octanol–water partition coefficient (Wildman–Crippen LogP) is 2.05. The molecule has 0 unspecified atom stereocenters. The Morgan fingerprint density at radius 3 is 2.64 bits per heavy atom. The van der Waals surface area contributed by atoms with Crippen molar-refractivity contribution in [2.75, 3.05) is 5.73 Å². The standard InChI is InChI=1S/C9H8F2N2O/c1-5-2-6(4-12)8(3-7(5)13)14-9(10)11/h2-3,9H,13H2,1H3. The zero-order valence-corrected chi connectivity index (χ0v) is 7.42. The SMILES string of the molecule is Cc1cc(C#N)c(OC(F)F)cc1N. The smallest absolute Gasteiger partial charge is 0.387 e. The molecule has 0 atom stereocenters. The minimum absolute atomic E-state index is 0.0528. The molecule has 1 rings (SSSR count). The van der Waals surface area contributed by atoms with E-state index in [1.807, 2.05) is 0 Å². The lowest BCUT2D eigenvalue weighted by Gasteiger charge is -2.08. The van der Waals surface area contributed by atoms with Crippen LogP contribution in [0, 0.1) is 18.3 Å². The highest BCUT2D eigenvalue weighted by molar-refractivity contribution is 5.57. The number of nitrogens with zero attached hydrogens (tertiary/aromatic N) is 1. The van der Waals surface area contributed by atoms with E-state index in [0.29, 0.717) is 11.3 Å². The van der Waals surface area contributed by atoms with Gasteiger partial charge in [-0.3, -0.25) is 0 Å². The third-order valence-corrected chi connectivity index (χ3v) is 1.70. The Balaban J connectivity index is 3.15. The number of nitrogen functional groups attached to an aromatic ring is 1. The first kappa shape index (κ1) is 10.3. The van der Waals surface area contributed by atoms with Crippen LogP contribution in [0.15, 0.2) is 12.1 Å². The molecule has 0 amide bonds. The predicted molar refractivity (Wildman–Crippen MR) is 46.9 cm³/mol. The van der Waals surface area contributed by atoms with Gasteiger partial charge in [0.05, 0.1) is 5.56 Å². The number of nitriles is 1. The average Bonchev–Trinajstić information content (AvgIpc) is 2.10. The molecule has 0 aliphatic heterocycles. The lowest BCUT2D eigenvalue weighted by Crippen LogP contribution is -2.04. The monoisotopic (exact) mass is 198 g/mol. The van der Waals surface area contributed by atoms with Gasteiger partial charge >= 0.3 is 6.61 Å². The van der Waals surface area contributed by atoms with Gasteiger partial charge < -0.3 is 10.5 Å². The summed E-state index contributed by atoms with van der Waals surface area (Å²) in [6, 6.07) is 4.39. The molecule has 0 heterocycles. The number of hydrogen-bond donors (Lipinski definition) is 1. The number of benzene rings is 1. The summed E-state index contributed by atoms with van der Waals surface area (Å²) in [4.78, 5) is 0. The van der Waals surface area contributed by atoms with E-state index in [-0.39, 0.29) is 11.3 Å². The van der Waals surface area contributed by atoms with Crippen LogP contribution < -0.4 is 10.5 Å². The molecule has 2 N–H and O–H groups in total. The Kier molecular flexibility index (Phi) is 2.87. The van der Waals surface area contributed by atoms with Gasteiger partial charge in [-0.05, 0) is 18.6 Å². The van der Waals surface area contributed by atoms with Crippen LogP contribution >= 0.6 is 0 Å². The molecule has 0 aliphatic rings. The van der Waals surface area contributed by atoms with Crippen LogP contribution in [-0.2, 0) is 0 Å². The maximum absolute atomic E-state index is 11.9. The molecule has 0 radical (unpaired) electrons. The van der Waals surface area contributed by atoms with E-state index in [4.69, 9.17) is 11.0 Å². The summed E-state index contributed by atoms with van der Waals surface area (Å²) < 4.78 is 27.9. The third-order valence-electron chi connectivity index (χ3n) is 1.70. The van der Waals surface area contributed by atoms with E-state index >= 15 is 0 Å². The van der Waals surface area contributed by atoms with Gasteiger partial charge in [-0.2, -0.15) is 14.0 Å². The van der Waals surface area contributed by atoms with Crippen molar-refractivity contribution in [3.05, 3.63) is 23.3 Å². The second-order valence-electron chi connectivity index (χ2n) is 2.70. The summed E-state index contributed by atoms with van der Waals surface area (Å²) >= 11 is 0. The van der Waals surface area contributed by atoms with Gasteiger partial charge in [0.2, 0.25) is 0 Å². The molecule has 1 aromatic carbocycles. The Morgan fingerprint density at radius 1 is 1.50 bits per heavy atom. The number of hydrogen-bond acceptors (Lipinski definition) is 3. The van der Waals surface area contributed by atoms with Gasteiger partial charge in [0.1, 0.15) is 11.8 Å². The number of anilines is 1. The molecule has 0 saturated heterocycles. The Hall–Kier alpha value is -1.83. The van der Waals surface area contributed by atoms with Crippen LogP contribution in [0.2, 0.25) is 0 Å². The molecule has 0 bridgehead atoms. The van der Waals surface area contributed by atoms with Gasteiger partial charge in [-0.1, -0.05) is 0 Å². The molecule has 0 spiro atoms. The highest BCUT2D eigenvalue weighted by Crippen LogP contribution is 2.25. The van der Waals surface area contributed by atoms with Gasteiger partial charge in [0.15, 0.2) is 0 Å². The quantitative estimate of drug-likeness (QED) is 0.740. The maximum Gasteiger partial charge on any atom is 0.387 e. The zero-order chi connectivity index (χ0) is 10.7. The van der Waals surface area contributed by atoms with Crippen LogP contribution in [0.25, 0.3) is 0 Å². The molecule has 0 aliphatic carbocycles. The van der Waals surface area contributed by atoms with E-state index in [2.05, 4.69) is 4.74 Å². The molecule has 5 heteroatoms. The first-order valence-electron chi connectivity index (χ1n) is 3.79. The summed E-state index contributed by atoms with van der Waals surface area (Å²) in [5.74, 6) is -0.189. The van der Waals surface area contributed by atoms with E-state index < -0.39 is 6.61 Å². The van der Waals surface area contributed by atoms with Gasteiger partial charge in [0, 0.05) is 11.8 Å². The topological polar surface area (TPSA) is 59.0 Å². The van der Waals surface area contributed by atoms with Crippen molar-refractivity contribution in [1.82, 2.24) is 0 Å². The van der Waals surface area contributed by atoms with E-state index in [1.54, 1.807) is 13.0 Å². The highest BCUT2D eigenvalue weighted by atomic mass is 19.3. The number of alkyl halides is 2. The number of rotatable bonds is 2. The van der Waals surface area contributed by atoms with Crippen molar-refractivity contribution in [1.29, 1.82) is 5.26 Å². The summed E-state index contributed by atoms with van der Waals surface area (Å²) in [6.45, 7) is -1.27. The van der Waals surface area contributed by atoms with Crippen molar-refractivity contribution in [2.24, 2.45) is 0 Å². The Labute approximate surface area is 79.7 Å². The van der Waals surface area contributed by atoms with Crippen LogP contribution in [0.4, 0.5) is 14.5 Å². The Bertz CT molecular complexity index is 385. The summed E-state index contributed by atoms with van der Waals surface area (Å²) in [5, 5.41) is 8.63. The van der Waals surface area contributed by atoms with Crippen molar-refractivity contribution in [2.45, 2.75) is 13.5 Å². The fourth-order valence-corrected chi connectivity index (χ4v) is 0.985. The minimum atomic E-state index is -2.95. The van der Waals surface area contributed by atoms with Crippen LogP contribution in [0.3, 0.4) is 0 Å². The molecule has 74 valence electrons. The lowest BCUT2D eigenvalue weighted by molar-refractivity contribution is -0.0499. The number of halogens is 2. The molecule has 0 fully saturated rings. The fourth-order valence-electron chi connectivity index (χ4n) is 0.985. The molecule has 0 aromatic heterocycles. The number of nitrogens with two attached hydrogens (primary N) is 1. The van der Waals surface area contributed by atoms with Crippen molar-refractivity contribution in [3.8, 4) is 11.8 Å². The second kappa shape index (κ2) is 3.92. The molecule has 14 heavy (non-hydrogen) atoms. The largest absolute Gasteiger partial charge is 0.433 e. The zero-order valence-electron chi connectivity index (χ0n) is 7.42. The molecule has 1 aromatic rings. The fraction of sp³-hybridized carbons (Fsp3) is 0.222. The van der Waals surface area contributed by atoms with Crippen molar-refractivity contribution < 1.29 is 13.5 Å². The highest BCUT2D eigenvalue weighted by Gasteiger charge is 2.11. The van der Waals surface area contributed by atoms with E-state index in [0.717, 1.165) is 0 Å². The molecular weight excluding hydrogens is 190 g/mol. The summed E-state index contributed by atoms with van der Waals surface area (Å²) in [7, 11) is 0. The molecule has 3 nitrogen and oxygen atoms in total. The number of aryl methyl sites for hydroxylation is 1. The lowest BCUT2D eigenvalue weighted by atomic mass is 10.1. The minimum Gasteiger partial charge on any atom is -0.433 e. The van der Waals surface area contributed by atoms with Crippen LogP contribution in [0.1, 0.15) is 11.1 Å². The first-order valence-corrected chi connectivity index (χ1v) is 3.79. The van der Waals surface area contributed by atoms with E-state index in [9.17, 15) is 8.78 Å². The van der Waals surface area contributed by atoms with Gasteiger partial charge in [-0.25, -0.2) is 0 Å². The summed E-state index contributed by atoms with van der Waals surface area (Å²) in [5.41, 5.74) is 6.51. The van der Waals surface area contributed by atoms with Crippen LogP contribution in [0.5, 0.6) is 5.75 Å². The van der Waals surface area contributed by atoms with Crippen molar-refractivity contribution >= 4 is 5.69 Å².